The number of aryl methyl sites for hydroxylation is 2. The summed E-state index contributed by atoms with van der Waals surface area (Å²) in [5.41, 5.74) is 8.05. The molecule has 0 atom stereocenters. The molecule has 1 aromatic heterocycles. The van der Waals surface area contributed by atoms with Crippen LogP contribution in [0, 0.1) is 13.8 Å². The first kappa shape index (κ1) is 20.7. The Morgan fingerprint density at radius 3 is 2.48 bits per heavy atom. The van der Waals surface area contributed by atoms with Gasteiger partial charge in [0, 0.05) is 16.2 Å². The third kappa shape index (κ3) is 3.18. The Hall–Kier alpha value is -2.87. The van der Waals surface area contributed by atoms with Crippen molar-refractivity contribution in [3.8, 4) is 22.8 Å². The van der Waals surface area contributed by atoms with Crippen molar-refractivity contribution in [2.45, 2.75) is 71.6 Å². The van der Waals surface area contributed by atoms with Gasteiger partial charge in [-0.2, -0.15) is 4.57 Å². The van der Waals surface area contributed by atoms with Crippen LogP contribution in [0.25, 0.3) is 32.8 Å². The maximum atomic E-state index is 6.85. The fourth-order valence-electron chi connectivity index (χ4n) is 6.11. The van der Waals surface area contributed by atoms with E-state index in [0.717, 1.165) is 11.5 Å². The van der Waals surface area contributed by atoms with Crippen LogP contribution in [0.4, 0.5) is 0 Å². The number of benzene rings is 3. The summed E-state index contributed by atoms with van der Waals surface area (Å²) in [7, 11) is 2.16. The summed E-state index contributed by atoms with van der Waals surface area (Å²) in [4.78, 5) is 0. The van der Waals surface area contributed by atoms with Crippen molar-refractivity contribution in [3.05, 3.63) is 64.8 Å². The third-order valence-corrected chi connectivity index (χ3v) is 8.16. The zero-order chi connectivity index (χ0) is 22.9. The molecule has 2 nitrogen and oxygen atoms in total. The molecule has 1 aliphatic carbocycles. The van der Waals surface area contributed by atoms with E-state index in [9.17, 15) is 0 Å². The molecule has 0 N–H and O–H groups in total. The van der Waals surface area contributed by atoms with Crippen LogP contribution in [0.2, 0.25) is 0 Å². The van der Waals surface area contributed by atoms with Crippen molar-refractivity contribution < 1.29 is 9.30 Å². The van der Waals surface area contributed by atoms with Crippen LogP contribution in [0.1, 0.15) is 80.0 Å². The Morgan fingerprint density at radius 2 is 1.73 bits per heavy atom. The number of hydrogen-bond donors (Lipinski definition) is 0. The number of hydrogen-bond acceptors (Lipinski definition) is 1. The fraction of sp³-hybridized carbons (Fsp3) is 0.387. The second-order valence-electron chi connectivity index (χ2n) is 10.7. The van der Waals surface area contributed by atoms with Crippen LogP contribution < -0.4 is 9.30 Å². The molecule has 1 fully saturated rings. The van der Waals surface area contributed by atoms with Crippen molar-refractivity contribution in [1.29, 1.82) is 0 Å². The van der Waals surface area contributed by atoms with Crippen molar-refractivity contribution in [1.82, 2.24) is 0 Å². The molecule has 168 valence electrons. The summed E-state index contributed by atoms with van der Waals surface area (Å²) in [6, 6.07) is 14.1. The number of rotatable bonds is 2. The highest BCUT2D eigenvalue weighted by Crippen LogP contribution is 2.50. The second-order valence-corrected chi connectivity index (χ2v) is 10.7. The number of aromatic nitrogens is 1. The molecular weight excluding hydrogens is 402 g/mol. The lowest BCUT2D eigenvalue weighted by Gasteiger charge is -2.25. The summed E-state index contributed by atoms with van der Waals surface area (Å²) in [5.74, 6) is 3.18. The molecule has 3 aromatic carbocycles. The third-order valence-electron chi connectivity index (χ3n) is 8.16. The molecule has 2 heteroatoms. The molecule has 6 rings (SSSR count). The van der Waals surface area contributed by atoms with E-state index in [1.54, 1.807) is 0 Å². The molecular formula is C31H34NO+. The maximum absolute atomic E-state index is 6.85. The van der Waals surface area contributed by atoms with Gasteiger partial charge in [-0.05, 0) is 84.4 Å². The lowest BCUT2D eigenvalue weighted by Crippen LogP contribution is -2.32. The zero-order valence-corrected chi connectivity index (χ0v) is 20.6. The summed E-state index contributed by atoms with van der Waals surface area (Å²) >= 11 is 0. The minimum Gasteiger partial charge on any atom is -0.449 e. The Kier molecular flexibility index (Phi) is 4.76. The van der Waals surface area contributed by atoms with Gasteiger partial charge in [-0.1, -0.05) is 51.3 Å². The monoisotopic (exact) mass is 436 g/mol. The van der Waals surface area contributed by atoms with Gasteiger partial charge in [0.25, 0.3) is 5.69 Å². The highest BCUT2D eigenvalue weighted by Gasteiger charge is 2.32. The Bertz CT molecular complexity index is 1420. The predicted octanol–water partition coefficient (Wildman–Crippen LogP) is 8.38. The van der Waals surface area contributed by atoms with Crippen LogP contribution >= 0.6 is 0 Å². The minimum absolute atomic E-state index is 0.460. The molecule has 2 aliphatic rings. The molecule has 0 unspecified atom stereocenters. The zero-order valence-electron chi connectivity index (χ0n) is 20.6. The minimum atomic E-state index is 0.460. The molecule has 0 bridgehead atoms. The largest absolute Gasteiger partial charge is 0.449 e. The van der Waals surface area contributed by atoms with E-state index in [4.69, 9.17) is 4.74 Å². The average molecular weight is 437 g/mol. The molecule has 33 heavy (non-hydrogen) atoms. The SMILES string of the molecule is Cc1cc2cc(C(C)C)cc3c2c(c1C)-c1c(c2cc(C4CCCCC4)ccc2c[n+]1C)O3. The molecule has 0 radical (unpaired) electrons. The first-order chi connectivity index (χ1) is 15.9. The summed E-state index contributed by atoms with van der Waals surface area (Å²) in [6.45, 7) is 9.03. The average Bonchev–Trinajstić information content (AvgIpc) is 2.82. The van der Waals surface area contributed by atoms with Gasteiger partial charge in [0.2, 0.25) is 5.75 Å². The van der Waals surface area contributed by atoms with Crippen molar-refractivity contribution in [2.75, 3.05) is 0 Å². The normalized spacial score (nSPS) is 15.8. The summed E-state index contributed by atoms with van der Waals surface area (Å²) in [5, 5.41) is 5.05. The molecule has 0 saturated heterocycles. The molecule has 0 spiro atoms. The van der Waals surface area contributed by atoms with E-state index in [2.05, 4.69) is 81.9 Å². The molecule has 2 heterocycles. The fourth-order valence-corrected chi connectivity index (χ4v) is 6.11. The van der Waals surface area contributed by atoms with Gasteiger partial charge in [0.1, 0.15) is 12.8 Å². The van der Waals surface area contributed by atoms with Crippen molar-refractivity contribution in [2.24, 2.45) is 7.05 Å². The number of fused-ring (bicyclic) bond motifs is 4. The van der Waals surface area contributed by atoms with Crippen LogP contribution in [-0.2, 0) is 7.05 Å². The van der Waals surface area contributed by atoms with Crippen LogP contribution in [0.5, 0.6) is 11.5 Å². The predicted molar refractivity (Wildman–Crippen MR) is 138 cm³/mol. The molecule has 1 saturated carbocycles. The quantitative estimate of drug-likeness (QED) is 0.253. The van der Waals surface area contributed by atoms with Crippen LogP contribution in [-0.4, -0.2) is 0 Å². The van der Waals surface area contributed by atoms with E-state index < -0.39 is 0 Å². The van der Waals surface area contributed by atoms with E-state index in [-0.39, 0.29) is 0 Å². The topological polar surface area (TPSA) is 13.1 Å². The number of pyridine rings is 1. The van der Waals surface area contributed by atoms with E-state index in [0.29, 0.717) is 11.8 Å². The standard InChI is InChI=1S/C31H34NO/c1-18(2)24-14-25-13-19(3)20(4)28-29(25)27(16-24)33-31-26-15-22(21-9-7-6-8-10-21)11-12-23(26)17-32(5)30(28)31/h11-18,21H,6-10H2,1-5H3/q+1. The van der Waals surface area contributed by atoms with Gasteiger partial charge in [-0.3, -0.25) is 0 Å². The van der Waals surface area contributed by atoms with Crippen molar-refractivity contribution in [3.63, 3.8) is 0 Å². The van der Waals surface area contributed by atoms with Gasteiger partial charge in [0.05, 0.1) is 5.56 Å². The Balaban J connectivity index is 1.67. The lowest BCUT2D eigenvalue weighted by molar-refractivity contribution is -0.659. The molecule has 0 amide bonds. The first-order valence-corrected chi connectivity index (χ1v) is 12.6. The molecule has 4 aromatic rings. The summed E-state index contributed by atoms with van der Waals surface area (Å²) in [6.07, 6.45) is 9.00. The van der Waals surface area contributed by atoms with E-state index in [1.165, 1.54) is 87.2 Å². The highest BCUT2D eigenvalue weighted by atomic mass is 16.5. The smallest absolute Gasteiger partial charge is 0.257 e. The van der Waals surface area contributed by atoms with Crippen LogP contribution in [0.3, 0.4) is 0 Å². The summed E-state index contributed by atoms with van der Waals surface area (Å²) < 4.78 is 9.13. The van der Waals surface area contributed by atoms with E-state index >= 15 is 0 Å². The van der Waals surface area contributed by atoms with Gasteiger partial charge in [-0.15, -0.1) is 0 Å². The van der Waals surface area contributed by atoms with Gasteiger partial charge < -0.3 is 4.74 Å². The highest BCUT2D eigenvalue weighted by molar-refractivity contribution is 6.07. The maximum Gasteiger partial charge on any atom is 0.257 e. The van der Waals surface area contributed by atoms with Crippen LogP contribution in [0.15, 0.2) is 42.6 Å². The second kappa shape index (κ2) is 7.58. The van der Waals surface area contributed by atoms with E-state index in [1.807, 2.05) is 0 Å². The Morgan fingerprint density at radius 1 is 0.939 bits per heavy atom. The van der Waals surface area contributed by atoms with Gasteiger partial charge in [0.15, 0.2) is 6.20 Å². The number of nitrogens with zero attached hydrogens (tertiary/aromatic N) is 1. The first-order valence-electron chi connectivity index (χ1n) is 12.6. The molecule has 1 aliphatic heterocycles. The van der Waals surface area contributed by atoms with Gasteiger partial charge in [-0.25, -0.2) is 0 Å². The van der Waals surface area contributed by atoms with Crippen molar-refractivity contribution >= 4 is 21.5 Å². The lowest BCUT2D eigenvalue weighted by atomic mass is 9.83. The number of ether oxygens (including phenoxy) is 1. The van der Waals surface area contributed by atoms with Gasteiger partial charge >= 0.3 is 0 Å². The Labute approximate surface area is 197 Å².